The van der Waals surface area contributed by atoms with E-state index < -0.39 is 5.82 Å². The van der Waals surface area contributed by atoms with Gasteiger partial charge in [0.2, 0.25) is 11.8 Å². The molecule has 2 aromatic carbocycles. The summed E-state index contributed by atoms with van der Waals surface area (Å²) in [5.74, 6) is -1.64. The molecule has 2 unspecified atom stereocenters. The maximum Gasteiger partial charge on any atom is 0.228 e. The fraction of sp³-hybridized carbons (Fsp3) is 0.263. The van der Waals surface area contributed by atoms with Gasteiger partial charge < -0.3 is 10.6 Å². The molecule has 2 aromatic rings. The van der Waals surface area contributed by atoms with Crippen LogP contribution in [-0.2, 0) is 16.0 Å². The molecule has 2 N–H and O–H groups in total. The zero-order valence-corrected chi connectivity index (χ0v) is 15.3. The summed E-state index contributed by atoms with van der Waals surface area (Å²) < 4.78 is 13.1. The number of benzene rings is 2. The highest BCUT2D eigenvalue weighted by atomic mass is 35.5. The van der Waals surface area contributed by atoms with Crippen molar-refractivity contribution in [3.8, 4) is 0 Å². The van der Waals surface area contributed by atoms with Gasteiger partial charge in [-0.1, -0.05) is 35.3 Å². The fourth-order valence-corrected chi connectivity index (χ4v) is 3.13. The van der Waals surface area contributed by atoms with Crippen molar-refractivity contribution in [1.29, 1.82) is 0 Å². The Kier molecular flexibility index (Phi) is 5.79. The van der Waals surface area contributed by atoms with E-state index in [1.165, 1.54) is 18.2 Å². The van der Waals surface area contributed by atoms with Crippen molar-refractivity contribution < 1.29 is 14.0 Å². The molecule has 1 aliphatic carbocycles. The Bertz CT molecular complexity index is 844. The number of nitrogens with one attached hydrogen (secondary N) is 2. The number of hydrogen-bond acceptors (Lipinski definition) is 2. The SMILES string of the molecule is O=C(NCCc1cccc(Cl)c1)C1CC1C(=O)Nc1ccc(F)c(Cl)c1. The first-order valence-corrected chi connectivity index (χ1v) is 8.97. The van der Waals surface area contributed by atoms with Crippen LogP contribution < -0.4 is 10.6 Å². The summed E-state index contributed by atoms with van der Waals surface area (Å²) in [5.41, 5.74) is 1.45. The standard InChI is InChI=1S/C19H17Cl2FN2O2/c20-12-3-1-2-11(8-12)6-7-23-18(25)14-10-15(14)19(26)24-13-4-5-17(22)16(21)9-13/h1-5,8-9,14-15H,6-7,10H2,(H,23,25)(H,24,26). The molecule has 2 amide bonds. The number of rotatable bonds is 6. The number of carbonyl (C=O) groups is 2. The van der Waals surface area contributed by atoms with Gasteiger partial charge in [0.25, 0.3) is 0 Å². The molecular weight excluding hydrogens is 378 g/mol. The van der Waals surface area contributed by atoms with Crippen molar-refractivity contribution in [3.63, 3.8) is 0 Å². The monoisotopic (exact) mass is 394 g/mol. The molecular formula is C19H17Cl2FN2O2. The minimum Gasteiger partial charge on any atom is -0.356 e. The van der Waals surface area contributed by atoms with Crippen LogP contribution in [0.5, 0.6) is 0 Å². The Morgan fingerprint density at radius 2 is 1.85 bits per heavy atom. The maximum atomic E-state index is 13.1. The van der Waals surface area contributed by atoms with Crippen molar-refractivity contribution in [3.05, 3.63) is 63.9 Å². The number of anilines is 1. The van der Waals surface area contributed by atoms with Crippen molar-refractivity contribution in [2.24, 2.45) is 11.8 Å². The first-order chi connectivity index (χ1) is 12.4. The molecule has 0 spiro atoms. The van der Waals surface area contributed by atoms with E-state index in [1.54, 1.807) is 6.07 Å². The topological polar surface area (TPSA) is 58.2 Å². The lowest BCUT2D eigenvalue weighted by Gasteiger charge is -2.07. The molecule has 1 saturated carbocycles. The third kappa shape index (κ3) is 4.74. The number of amides is 2. The molecule has 0 heterocycles. The van der Waals surface area contributed by atoms with Gasteiger partial charge >= 0.3 is 0 Å². The van der Waals surface area contributed by atoms with Gasteiger partial charge in [0.05, 0.1) is 16.9 Å². The first-order valence-electron chi connectivity index (χ1n) is 8.22. The van der Waals surface area contributed by atoms with Gasteiger partial charge in [0.1, 0.15) is 5.82 Å². The van der Waals surface area contributed by atoms with E-state index in [9.17, 15) is 14.0 Å². The van der Waals surface area contributed by atoms with Crippen LogP contribution in [0.15, 0.2) is 42.5 Å². The Labute approximate surface area is 160 Å². The van der Waals surface area contributed by atoms with E-state index in [1.807, 2.05) is 18.2 Å². The van der Waals surface area contributed by atoms with Crippen LogP contribution in [0.1, 0.15) is 12.0 Å². The Morgan fingerprint density at radius 1 is 1.08 bits per heavy atom. The highest BCUT2D eigenvalue weighted by Crippen LogP contribution is 2.39. The molecule has 136 valence electrons. The fourth-order valence-electron chi connectivity index (χ4n) is 2.74. The lowest BCUT2D eigenvalue weighted by Crippen LogP contribution is -2.29. The van der Waals surface area contributed by atoms with E-state index in [0.717, 1.165) is 5.56 Å². The summed E-state index contributed by atoms with van der Waals surface area (Å²) in [7, 11) is 0. The molecule has 1 fully saturated rings. The van der Waals surface area contributed by atoms with E-state index in [2.05, 4.69) is 10.6 Å². The molecule has 1 aliphatic rings. The van der Waals surface area contributed by atoms with Crippen LogP contribution >= 0.6 is 23.2 Å². The maximum absolute atomic E-state index is 13.1. The van der Waals surface area contributed by atoms with Gasteiger partial charge in [0.15, 0.2) is 0 Å². The lowest BCUT2D eigenvalue weighted by molar-refractivity contribution is -0.125. The molecule has 0 bridgehead atoms. The van der Waals surface area contributed by atoms with Crippen molar-refractivity contribution in [2.75, 3.05) is 11.9 Å². The normalized spacial score (nSPS) is 18.3. The predicted octanol–water partition coefficient (Wildman–Crippen LogP) is 4.07. The van der Waals surface area contributed by atoms with Gasteiger partial charge in [-0.25, -0.2) is 4.39 Å². The van der Waals surface area contributed by atoms with Crippen molar-refractivity contribution >= 4 is 40.7 Å². The first kappa shape index (κ1) is 18.7. The minimum atomic E-state index is -0.548. The van der Waals surface area contributed by atoms with E-state index >= 15 is 0 Å². The largest absolute Gasteiger partial charge is 0.356 e. The van der Waals surface area contributed by atoms with Crippen LogP contribution in [0, 0.1) is 17.7 Å². The predicted molar refractivity (Wildman–Crippen MR) is 99.8 cm³/mol. The second kappa shape index (κ2) is 8.06. The summed E-state index contributed by atoms with van der Waals surface area (Å²) >= 11 is 11.6. The Balaban J connectivity index is 1.44. The van der Waals surface area contributed by atoms with Crippen LogP contribution in [-0.4, -0.2) is 18.4 Å². The van der Waals surface area contributed by atoms with E-state index in [-0.39, 0.29) is 28.7 Å². The minimum absolute atomic E-state index is 0.0612. The van der Waals surface area contributed by atoms with E-state index in [0.29, 0.717) is 30.1 Å². The third-order valence-corrected chi connectivity index (χ3v) is 4.78. The number of carbonyl (C=O) groups excluding carboxylic acids is 2. The molecule has 3 rings (SSSR count). The summed E-state index contributed by atoms with van der Waals surface area (Å²) in [4.78, 5) is 24.3. The molecule has 0 radical (unpaired) electrons. The number of halogens is 3. The Morgan fingerprint density at radius 3 is 2.58 bits per heavy atom. The Hall–Kier alpha value is -2.11. The van der Waals surface area contributed by atoms with Gasteiger partial charge in [-0.05, 0) is 48.7 Å². The number of hydrogen-bond donors (Lipinski definition) is 2. The summed E-state index contributed by atoms with van der Waals surface area (Å²) in [6.07, 6.45) is 1.17. The molecule has 0 aliphatic heterocycles. The highest BCUT2D eigenvalue weighted by Gasteiger charge is 2.47. The zero-order chi connectivity index (χ0) is 18.7. The lowest BCUT2D eigenvalue weighted by atomic mass is 10.1. The third-order valence-electron chi connectivity index (χ3n) is 4.25. The molecule has 2 atom stereocenters. The average molecular weight is 395 g/mol. The van der Waals surface area contributed by atoms with Crippen LogP contribution in [0.4, 0.5) is 10.1 Å². The average Bonchev–Trinajstić information content (AvgIpc) is 3.39. The second-order valence-electron chi connectivity index (χ2n) is 6.24. The van der Waals surface area contributed by atoms with Crippen LogP contribution in [0.3, 0.4) is 0 Å². The molecule has 26 heavy (non-hydrogen) atoms. The smallest absolute Gasteiger partial charge is 0.228 e. The van der Waals surface area contributed by atoms with Crippen molar-refractivity contribution in [1.82, 2.24) is 5.32 Å². The van der Waals surface area contributed by atoms with Gasteiger partial charge in [-0.2, -0.15) is 0 Å². The summed E-state index contributed by atoms with van der Waals surface area (Å²) in [6, 6.07) is 11.4. The molecule has 0 aromatic heterocycles. The summed E-state index contributed by atoms with van der Waals surface area (Å²) in [5, 5.41) is 6.10. The highest BCUT2D eigenvalue weighted by molar-refractivity contribution is 6.31. The van der Waals surface area contributed by atoms with Gasteiger partial charge in [-0.15, -0.1) is 0 Å². The molecule has 0 saturated heterocycles. The van der Waals surface area contributed by atoms with Crippen LogP contribution in [0.25, 0.3) is 0 Å². The zero-order valence-electron chi connectivity index (χ0n) is 13.8. The second-order valence-corrected chi connectivity index (χ2v) is 7.08. The van der Waals surface area contributed by atoms with Crippen LogP contribution in [0.2, 0.25) is 10.0 Å². The van der Waals surface area contributed by atoms with Gasteiger partial charge in [-0.3, -0.25) is 9.59 Å². The molecule has 4 nitrogen and oxygen atoms in total. The van der Waals surface area contributed by atoms with E-state index in [4.69, 9.17) is 23.2 Å². The summed E-state index contributed by atoms with van der Waals surface area (Å²) in [6.45, 7) is 0.484. The van der Waals surface area contributed by atoms with Gasteiger partial charge in [0, 0.05) is 17.3 Å². The quantitative estimate of drug-likeness (QED) is 0.775. The van der Waals surface area contributed by atoms with Crippen molar-refractivity contribution in [2.45, 2.75) is 12.8 Å². The molecule has 7 heteroatoms.